The maximum Gasteiger partial charge on any atom is 0.255 e. The van der Waals surface area contributed by atoms with Crippen molar-refractivity contribution in [1.29, 1.82) is 0 Å². The molecular weight excluding hydrogens is 422 g/mol. The number of ether oxygens (including phenoxy) is 1. The molecule has 0 aliphatic heterocycles. The third kappa shape index (κ3) is 4.12. The molecule has 0 spiro atoms. The molecule has 6 nitrogen and oxygen atoms in total. The van der Waals surface area contributed by atoms with Gasteiger partial charge in [0.2, 0.25) is 0 Å². The number of nitrogens with one attached hydrogen (secondary N) is 1. The summed E-state index contributed by atoms with van der Waals surface area (Å²) in [5, 5.41) is 14.0. The summed E-state index contributed by atoms with van der Waals surface area (Å²) in [5.41, 5.74) is 3.17. The molecule has 0 bridgehead atoms. The van der Waals surface area contributed by atoms with Crippen LogP contribution in [-0.4, -0.2) is 32.1 Å². The van der Waals surface area contributed by atoms with Crippen LogP contribution in [0.15, 0.2) is 30.6 Å². The number of fused-ring (bicyclic) bond motifs is 1. The molecule has 9 heteroatoms. The van der Waals surface area contributed by atoms with Gasteiger partial charge in [0, 0.05) is 41.4 Å². The highest BCUT2D eigenvalue weighted by molar-refractivity contribution is 7.15. The molecule has 3 heterocycles. The Hall–Kier alpha value is -2.65. The normalized spacial score (nSPS) is 20.1. The fourth-order valence-corrected chi connectivity index (χ4v) is 5.06. The van der Waals surface area contributed by atoms with Gasteiger partial charge in [0.1, 0.15) is 6.10 Å². The zero-order chi connectivity index (χ0) is 21.6. The summed E-state index contributed by atoms with van der Waals surface area (Å²) in [6, 6.07) is 5.58. The third-order valence-corrected chi connectivity index (χ3v) is 6.65. The maximum atomic E-state index is 13.4. The van der Waals surface area contributed by atoms with Gasteiger partial charge in [-0.1, -0.05) is 0 Å². The van der Waals surface area contributed by atoms with Crippen LogP contribution in [0.3, 0.4) is 0 Å². The minimum absolute atomic E-state index is 0.312. The van der Waals surface area contributed by atoms with Gasteiger partial charge >= 0.3 is 0 Å². The monoisotopic (exact) mass is 444 g/mol. The van der Waals surface area contributed by atoms with Gasteiger partial charge in [0.25, 0.3) is 5.92 Å². The molecule has 1 atom stereocenters. The van der Waals surface area contributed by atoms with Crippen molar-refractivity contribution >= 4 is 22.3 Å². The van der Waals surface area contributed by atoms with Crippen LogP contribution in [0.25, 0.3) is 11.1 Å². The molecular formula is C22H22F2N4O2S. The topological polar surface area (TPSA) is 80.2 Å². The zero-order valence-electron chi connectivity index (χ0n) is 16.9. The van der Waals surface area contributed by atoms with Crippen molar-refractivity contribution in [1.82, 2.24) is 15.0 Å². The summed E-state index contributed by atoms with van der Waals surface area (Å²) in [5.74, 6) is -1.84. The van der Waals surface area contributed by atoms with Crippen LogP contribution in [0.2, 0.25) is 0 Å². The fraction of sp³-hybridized carbons (Fsp3) is 0.409. The first-order valence-electron chi connectivity index (χ1n) is 10.3. The number of rotatable bonds is 5. The van der Waals surface area contributed by atoms with Gasteiger partial charge in [-0.15, -0.1) is 11.3 Å². The SMILES string of the molecule is Cc1cc(-c2ccnc(Nc3nc4c(s3)CCCC4O)c2OC2CC(F)(F)C2)ccn1. The number of pyridine rings is 2. The van der Waals surface area contributed by atoms with Crippen molar-refractivity contribution in [2.24, 2.45) is 0 Å². The molecule has 1 saturated carbocycles. The van der Waals surface area contributed by atoms with Crippen LogP contribution in [0.4, 0.5) is 19.7 Å². The van der Waals surface area contributed by atoms with Crippen molar-refractivity contribution in [3.05, 3.63) is 46.9 Å². The summed E-state index contributed by atoms with van der Waals surface area (Å²) < 4.78 is 32.9. The van der Waals surface area contributed by atoms with E-state index in [4.69, 9.17) is 4.74 Å². The van der Waals surface area contributed by atoms with Crippen molar-refractivity contribution in [3.8, 4) is 16.9 Å². The molecule has 1 unspecified atom stereocenters. The van der Waals surface area contributed by atoms with Crippen molar-refractivity contribution in [2.45, 2.75) is 57.2 Å². The summed E-state index contributed by atoms with van der Waals surface area (Å²) in [6.45, 7) is 1.89. The first kappa shape index (κ1) is 20.3. The average Bonchev–Trinajstić information content (AvgIpc) is 3.12. The van der Waals surface area contributed by atoms with Gasteiger partial charge in [-0.25, -0.2) is 18.7 Å². The van der Waals surface area contributed by atoms with E-state index in [0.29, 0.717) is 28.8 Å². The Morgan fingerprint density at radius 2 is 2.03 bits per heavy atom. The number of aliphatic hydroxyl groups excluding tert-OH is 1. The van der Waals surface area contributed by atoms with E-state index in [0.717, 1.165) is 34.5 Å². The van der Waals surface area contributed by atoms with E-state index < -0.39 is 18.1 Å². The van der Waals surface area contributed by atoms with E-state index in [9.17, 15) is 13.9 Å². The molecule has 0 saturated heterocycles. The highest BCUT2D eigenvalue weighted by Crippen LogP contribution is 2.45. The molecule has 2 N–H and O–H groups in total. The van der Waals surface area contributed by atoms with Crippen molar-refractivity contribution in [2.75, 3.05) is 5.32 Å². The van der Waals surface area contributed by atoms with Gasteiger partial charge in [-0.3, -0.25) is 4.98 Å². The predicted octanol–water partition coefficient (Wildman–Crippen LogP) is 5.20. The Kier molecular flexibility index (Phi) is 5.10. The van der Waals surface area contributed by atoms with Gasteiger partial charge in [0.05, 0.1) is 11.8 Å². The van der Waals surface area contributed by atoms with Crippen LogP contribution < -0.4 is 10.1 Å². The van der Waals surface area contributed by atoms with Gasteiger partial charge in [-0.2, -0.15) is 0 Å². The van der Waals surface area contributed by atoms with Crippen LogP contribution in [0, 0.1) is 6.92 Å². The number of aryl methyl sites for hydroxylation is 2. The van der Waals surface area contributed by atoms with Gasteiger partial charge < -0.3 is 15.2 Å². The lowest BCUT2D eigenvalue weighted by atomic mass is 9.91. The van der Waals surface area contributed by atoms with E-state index in [1.54, 1.807) is 12.4 Å². The number of halogens is 2. The number of anilines is 2. The number of alkyl halides is 2. The quantitative estimate of drug-likeness (QED) is 0.563. The Morgan fingerprint density at radius 1 is 1.23 bits per heavy atom. The van der Waals surface area contributed by atoms with E-state index in [1.165, 1.54) is 11.3 Å². The molecule has 3 aromatic rings. The summed E-state index contributed by atoms with van der Waals surface area (Å²) >= 11 is 1.48. The highest BCUT2D eigenvalue weighted by atomic mass is 32.1. The van der Waals surface area contributed by atoms with Crippen LogP contribution >= 0.6 is 11.3 Å². The van der Waals surface area contributed by atoms with Crippen molar-refractivity contribution < 1.29 is 18.6 Å². The molecule has 0 amide bonds. The second-order valence-electron chi connectivity index (χ2n) is 8.09. The number of aromatic nitrogens is 3. The smallest absolute Gasteiger partial charge is 0.255 e. The first-order chi connectivity index (χ1) is 14.9. The highest BCUT2D eigenvalue weighted by Gasteiger charge is 2.47. The molecule has 3 aromatic heterocycles. The lowest BCUT2D eigenvalue weighted by Gasteiger charge is -2.35. The molecule has 162 valence electrons. The Balaban J connectivity index is 1.51. The molecule has 5 rings (SSSR count). The average molecular weight is 445 g/mol. The standard InChI is InChI=1S/C22H22F2N4O2S/c1-12-9-13(5-7-25-12)15-6-8-26-20(19(15)30-14-10-22(23,24)11-14)28-21-27-18-16(29)3-2-4-17(18)31-21/h5-9,14,16,29H,2-4,10-11H2,1H3,(H,26,27,28). The molecule has 31 heavy (non-hydrogen) atoms. The van der Waals surface area contributed by atoms with Gasteiger partial charge in [0.15, 0.2) is 16.7 Å². The Labute approximate surface area is 182 Å². The number of hydrogen-bond donors (Lipinski definition) is 2. The van der Waals surface area contributed by atoms with Crippen LogP contribution in [0.1, 0.15) is 48.1 Å². The van der Waals surface area contributed by atoms with E-state index in [2.05, 4.69) is 20.3 Å². The number of aliphatic hydroxyl groups is 1. The molecule has 0 radical (unpaired) electrons. The van der Waals surface area contributed by atoms with Crippen LogP contribution in [-0.2, 0) is 6.42 Å². The predicted molar refractivity (Wildman–Crippen MR) is 114 cm³/mol. The van der Waals surface area contributed by atoms with E-state index >= 15 is 0 Å². The minimum atomic E-state index is -2.68. The Morgan fingerprint density at radius 3 is 2.77 bits per heavy atom. The number of hydrogen-bond acceptors (Lipinski definition) is 7. The maximum absolute atomic E-state index is 13.4. The van der Waals surface area contributed by atoms with E-state index in [1.807, 2.05) is 25.1 Å². The summed E-state index contributed by atoms with van der Waals surface area (Å²) in [6.07, 6.45) is 4.12. The molecule has 2 aliphatic carbocycles. The third-order valence-electron chi connectivity index (χ3n) is 5.60. The number of nitrogens with zero attached hydrogens (tertiary/aromatic N) is 3. The summed E-state index contributed by atoms with van der Waals surface area (Å²) in [4.78, 5) is 14.3. The number of thiazole rings is 1. The first-order valence-corrected chi connectivity index (χ1v) is 11.1. The zero-order valence-corrected chi connectivity index (χ0v) is 17.8. The second-order valence-corrected chi connectivity index (χ2v) is 9.17. The second kappa shape index (κ2) is 7.80. The lowest BCUT2D eigenvalue weighted by molar-refractivity contribution is -0.134. The van der Waals surface area contributed by atoms with Crippen LogP contribution in [0.5, 0.6) is 5.75 Å². The van der Waals surface area contributed by atoms with E-state index in [-0.39, 0.29) is 12.8 Å². The molecule has 0 aromatic carbocycles. The molecule has 2 aliphatic rings. The van der Waals surface area contributed by atoms with Gasteiger partial charge in [-0.05, 0) is 49.9 Å². The van der Waals surface area contributed by atoms with Crippen molar-refractivity contribution in [3.63, 3.8) is 0 Å². The lowest BCUT2D eigenvalue weighted by Crippen LogP contribution is -2.43. The minimum Gasteiger partial charge on any atom is -0.485 e. The largest absolute Gasteiger partial charge is 0.485 e. The molecule has 1 fully saturated rings. The Bertz CT molecular complexity index is 1110. The summed E-state index contributed by atoms with van der Waals surface area (Å²) in [7, 11) is 0. The fourth-order valence-electron chi connectivity index (χ4n) is 4.00.